The van der Waals surface area contributed by atoms with Gasteiger partial charge in [0.1, 0.15) is 12.2 Å². The molecule has 0 radical (unpaired) electrons. The zero-order valence-electron chi connectivity index (χ0n) is 20.0. The highest BCUT2D eigenvalue weighted by molar-refractivity contribution is 6.00. The fourth-order valence-electron chi connectivity index (χ4n) is 2.52. The molecule has 2 heterocycles. The second-order valence-electron chi connectivity index (χ2n) is 4.47. The zero-order valence-corrected chi connectivity index (χ0v) is 12.0. The van der Waals surface area contributed by atoms with Crippen molar-refractivity contribution in [2.75, 3.05) is 4.90 Å². The first-order valence-corrected chi connectivity index (χ1v) is 5.98. The first-order valence-electron chi connectivity index (χ1n) is 11.0. The van der Waals surface area contributed by atoms with E-state index >= 15 is 0 Å². The van der Waals surface area contributed by atoms with E-state index in [-0.39, 0.29) is 0 Å². The Labute approximate surface area is 136 Å². The highest BCUT2D eigenvalue weighted by atomic mass is 16.6. The molecule has 2 N–H and O–H groups in total. The molecule has 0 aromatic heterocycles. The average molecular weight is 296 g/mol. The molecule has 1 fully saturated rings. The van der Waals surface area contributed by atoms with E-state index in [2.05, 4.69) is 0 Å². The van der Waals surface area contributed by atoms with E-state index in [0.717, 1.165) is 0 Å². The van der Waals surface area contributed by atoms with Crippen LogP contribution in [0.5, 0.6) is 0 Å². The van der Waals surface area contributed by atoms with Crippen LogP contribution in [0.2, 0.25) is 0 Å². The number of urea groups is 1. The van der Waals surface area contributed by atoms with Crippen LogP contribution in [-0.4, -0.2) is 6.03 Å². The Kier molecular flexibility index (Phi) is 2.20. The molecule has 2 aliphatic heterocycles. The van der Waals surface area contributed by atoms with Crippen molar-refractivity contribution in [3.8, 4) is 0 Å². The summed E-state index contributed by atoms with van der Waals surface area (Å²) in [7, 11) is 2.50. The molecule has 2 atom stereocenters. The van der Waals surface area contributed by atoms with E-state index in [9.17, 15) is 4.79 Å². The van der Waals surface area contributed by atoms with E-state index in [0.29, 0.717) is 22.5 Å². The van der Waals surface area contributed by atoms with Crippen molar-refractivity contribution in [1.29, 1.82) is 0 Å². The number of carbonyl (C=O) groups excluding carboxylic acids is 1. The second kappa shape index (κ2) is 5.22. The van der Waals surface area contributed by atoms with Gasteiger partial charge in [-0.15, -0.1) is 0 Å². The summed E-state index contributed by atoms with van der Waals surface area (Å²) in [5.41, 5.74) is 7.44. The van der Waals surface area contributed by atoms with Gasteiger partial charge in [-0.05, 0) is 12.1 Å². The Morgan fingerprint density at radius 3 is 2.00 bits per heavy atom. The Morgan fingerprint density at radius 1 is 1.14 bits per heavy atom. The SMILES string of the molecule is [2H]C.[2H]C.[2H]C12OC1([2H])c1ccccc1N(C(N)=O)c1ccccc12.[2H][2H].[2H][2H]. The molecule has 4 rings (SSSR count). The largest absolute Gasteiger partial charge is 0.359 e. The van der Waals surface area contributed by atoms with Crippen molar-refractivity contribution in [1.82, 2.24) is 0 Å². The van der Waals surface area contributed by atoms with E-state index in [1.165, 1.54) is 19.7 Å². The summed E-state index contributed by atoms with van der Waals surface area (Å²) in [5, 5.41) is 0. The van der Waals surface area contributed by atoms with Gasteiger partial charge in [0.25, 0.3) is 0 Å². The normalized spacial score (nSPS) is 30.5. The van der Waals surface area contributed by atoms with Crippen molar-refractivity contribution in [3.05, 3.63) is 59.7 Å². The molecule has 0 spiro atoms. The number of nitrogens with zero attached hydrogens (tertiary/aromatic N) is 1. The molecule has 21 heavy (non-hydrogen) atoms. The molecule has 2 aromatic carbocycles. The van der Waals surface area contributed by atoms with Gasteiger partial charge in [-0.1, -0.05) is 51.2 Å². The number of amides is 2. The number of nitrogens with two attached hydrogens (primary N) is 1. The number of para-hydroxylation sites is 2. The lowest BCUT2D eigenvalue weighted by Gasteiger charge is -2.23. The molecule has 0 aliphatic carbocycles. The third kappa shape index (κ3) is 2.08. The Balaban J connectivity index is 0.000000881. The molecule has 0 saturated carbocycles. The van der Waals surface area contributed by atoms with Crippen LogP contribution in [0.15, 0.2) is 48.5 Å². The summed E-state index contributed by atoms with van der Waals surface area (Å²) in [6, 6.07) is 13.2. The van der Waals surface area contributed by atoms with Gasteiger partial charge in [0.15, 0.2) is 0 Å². The van der Waals surface area contributed by atoms with Gasteiger partial charge >= 0.3 is 6.03 Å². The third-order valence-electron chi connectivity index (χ3n) is 3.37. The standard InChI is InChI=1S/C15H12N2O2.2CH4.2H2/c16-15(18)17-11-7-3-1-5-9(11)13-14(19-13)10-6-2-4-8-12(10)17;;;;/h1-8,13-14H,(H2,16,18);2*1H4;2*1H/i13D,14D;2*1D;2*1+1D. The van der Waals surface area contributed by atoms with Crippen LogP contribution >= 0.6 is 0 Å². The molecular weight excluding hydrogens is 264 g/mol. The summed E-state index contributed by atoms with van der Waals surface area (Å²) in [6.45, 7) is 0. The van der Waals surface area contributed by atoms with Crippen molar-refractivity contribution >= 4 is 17.4 Å². The van der Waals surface area contributed by atoms with E-state index < -0.39 is 18.2 Å². The second-order valence-corrected chi connectivity index (χ2v) is 4.47. The number of ether oxygens (including phenoxy) is 1. The zero-order chi connectivity index (χ0) is 22.8. The number of carbonyl (C=O) groups is 1. The monoisotopic (exact) mass is 296 g/mol. The van der Waals surface area contributed by atoms with E-state index in [4.69, 9.17) is 21.9 Å². The maximum Gasteiger partial charge on any atom is 0.323 e. The number of benzene rings is 2. The molecular formula is C17H24N2O2. The Bertz CT molecular complexity index is 740. The van der Waals surface area contributed by atoms with Crippen molar-refractivity contribution in [2.24, 2.45) is 5.73 Å². The predicted molar refractivity (Wildman–Crippen MR) is 88.9 cm³/mol. The van der Waals surface area contributed by atoms with Gasteiger partial charge in [-0.2, -0.15) is 0 Å². The van der Waals surface area contributed by atoms with Gasteiger partial charge in [0, 0.05) is 19.8 Å². The summed E-state index contributed by atoms with van der Waals surface area (Å²) in [6.07, 6.45) is -3.05. The minimum absolute atomic E-state index is 0.468. The summed E-state index contributed by atoms with van der Waals surface area (Å²) in [4.78, 5) is 13.3. The molecule has 2 aliphatic rings. The third-order valence-corrected chi connectivity index (χ3v) is 3.37. The number of primary amides is 1. The smallest absolute Gasteiger partial charge is 0.323 e. The van der Waals surface area contributed by atoms with Gasteiger partial charge in [-0.25, -0.2) is 4.79 Å². The van der Waals surface area contributed by atoms with Crippen LogP contribution in [0.25, 0.3) is 0 Å². The Morgan fingerprint density at radius 2 is 1.57 bits per heavy atom. The van der Waals surface area contributed by atoms with Gasteiger partial charge in [-0.3, -0.25) is 4.90 Å². The molecule has 4 nitrogen and oxygen atoms in total. The maximum absolute atomic E-state index is 11.9. The fourth-order valence-corrected chi connectivity index (χ4v) is 2.52. The molecule has 0 bridgehead atoms. The quantitative estimate of drug-likeness (QED) is 0.710. The lowest BCUT2D eigenvalue weighted by Crippen LogP contribution is -2.32. The summed E-state index contributed by atoms with van der Waals surface area (Å²) >= 11 is 0. The van der Waals surface area contributed by atoms with Gasteiger partial charge < -0.3 is 10.5 Å². The van der Waals surface area contributed by atoms with Crippen LogP contribution < -0.4 is 10.6 Å². The van der Waals surface area contributed by atoms with Crippen LogP contribution in [0.3, 0.4) is 0 Å². The summed E-state index contributed by atoms with van der Waals surface area (Å²) < 4.78 is 54.0. The molecule has 1 saturated heterocycles. The maximum atomic E-state index is 11.9. The molecule has 2 aromatic rings. The number of epoxide rings is 1. The molecule has 2 amide bonds. The van der Waals surface area contributed by atoms with Crippen LogP contribution in [0, 0.1) is 0 Å². The van der Waals surface area contributed by atoms with Gasteiger partial charge in [0.2, 0.25) is 0 Å². The average Bonchev–Trinajstić information content (AvgIpc) is 3.38. The molecule has 114 valence electrons. The van der Waals surface area contributed by atoms with E-state index in [1.54, 1.807) is 48.5 Å². The minimum atomic E-state index is -1.52. The predicted octanol–water partition coefficient (Wildman–Crippen LogP) is 4.79. The Hall–Kier alpha value is -2.33. The first-order chi connectivity index (χ1) is 14.0. The first kappa shape index (κ1) is 8.85. The van der Waals surface area contributed by atoms with Crippen molar-refractivity contribution in [3.63, 3.8) is 0 Å². The molecule has 4 heteroatoms. The number of rotatable bonds is 0. The van der Waals surface area contributed by atoms with Crippen molar-refractivity contribution in [2.45, 2.75) is 27.0 Å². The van der Waals surface area contributed by atoms with Crippen LogP contribution in [-0.2, 0) is 4.74 Å². The fraction of sp³-hybridized carbons (Fsp3) is 0.235. The topological polar surface area (TPSA) is 58.9 Å². The van der Waals surface area contributed by atoms with Crippen molar-refractivity contribution < 1.29 is 21.0 Å². The lowest BCUT2D eigenvalue weighted by atomic mass is 10.0. The van der Waals surface area contributed by atoms with E-state index in [1.807, 2.05) is 0 Å². The van der Waals surface area contributed by atoms with Gasteiger partial charge in [0.05, 0.1) is 14.1 Å². The molecule has 2 unspecified atom stereocenters. The summed E-state index contributed by atoms with van der Waals surface area (Å²) in [5.74, 6) is 0. The number of hydrogen-bond acceptors (Lipinski definition) is 2. The lowest BCUT2D eigenvalue weighted by molar-refractivity contribution is 0.256. The highest BCUT2D eigenvalue weighted by Crippen LogP contribution is 2.58. The number of hydrogen-bond donors (Lipinski definition) is 1. The number of fused-ring (bicyclic) bond motifs is 5. The highest BCUT2D eigenvalue weighted by Gasteiger charge is 2.47. The van der Waals surface area contributed by atoms with Crippen LogP contribution in [0.4, 0.5) is 16.2 Å². The number of anilines is 2. The van der Waals surface area contributed by atoms with Crippen LogP contribution in [0.1, 0.15) is 49.5 Å². The minimum Gasteiger partial charge on any atom is -0.359 e.